The molecule has 5 heteroatoms. The second-order valence-corrected chi connectivity index (χ2v) is 4.49. The average molecular weight is 236 g/mol. The molecule has 2 rings (SSSR count). The third-order valence-electron chi connectivity index (χ3n) is 3.26. The van der Waals surface area contributed by atoms with Crippen LogP contribution >= 0.6 is 0 Å². The van der Waals surface area contributed by atoms with Crippen LogP contribution in [0.3, 0.4) is 0 Å². The first-order valence-electron chi connectivity index (χ1n) is 6.13. The van der Waals surface area contributed by atoms with Gasteiger partial charge in [0.2, 0.25) is 0 Å². The zero-order chi connectivity index (χ0) is 12.1. The van der Waals surface area contributed by atoms with Crippen LogP contribution in [0.2, 0.25) is 0 Å². The Bertz CT molecular complexity index is 356. The molecule has 0 aromatic carbocycles. The predicted molar refractivity (Wildman–Crippen MR) is 68.7 cm³/mol. The van der Waals surface area contributed by atoms with Gasteiger partial charge >= 0.3 is 0 Å². The van der Waals surface area contributed by atoms with Crippen LogP contribution in [0, 0.1) is 5.92 Å². The fraction of sp³-hybridized carbons (Fsp3) is 0.583. The molecule has 94 valence electrons. The Morgan fingerprint density at radius 2 is 2.41 bits per heavy atom. The Hall–Kier alpha value is -1.33. The highest BCUT2D eigenvalue weighted by Crippen LogP contribution is 2.24. The van der Waals surface area contributed by atoms with Crippen molar-refractivity contribution in [3.63, 3.8) is 0 Å². The molecule has 1 aliphatic heterocycles. The van der Waals surface area contributed by atoms with E-state index < -0.39 is 0 Å². The topological polar surface area (TPSA) is 74.4 Å². The van der Waals surface area contributed by atoms with Gasteiger partial charge in [0.05, 0.1) is 0 Å². The first-order valence-corrected chi connectivity index (χ1v) is 6.13. The number of nitrogen functional groups attached to an aromatic ring is 1. The molecule has 0 amide bonds. The zero-order valence-corrected chi connectivity index (χ0v) is 9.97. The number of nitrogens with zero attached hydrogens (tertiary/aromatic N) is 2. The maximum atomic E-state index is 9.00. The summed E-state index contributed by atoms with van der Waals surface area (Å²) in [5, 5.41) is 9.00. The Balaban J connectivity index is 2.05. The number of piperidine rings is 1. The summed E-state index contributed by atoms with van der Waals surface area (Å²) in [6.45, 7) is 2.28. The number of aliphatic hydroxyl groups is 1. The highest BCUT2D eigenvalue weighted by atomic mass is 16.3. The number of pyridine rings is 1. The van der Waals surface area contributed by atoms with Gasteiger partial charge in [-0.15, -0.1) is 0 Å². The lowest BCUT2D eigenvalue weighted by atomic mass is 9.95. The van der Waals surface area contributed by atoms with Gasteiger partial charge in [0.15, 0.2) is 0 Å². The van der Waals surface area contributed by atoms with Crippen LogP contribution in [-0.4, -0.2) is 29.8 Å². The van der Waals surface area contributed by atoms with Crippen molar-refractivity contribution in [3.05, 3.63) is 18.2 Å². The van der Waals surface area contributed by atoms with E-state index in [4.69, 9.17) is 10.9 Å². The van der Waals surface area contributed by atoms with Crippen molar-refractivity contribution in [3.8, 4) is 0 Å². The molecular weight excluding hydrogens is 216 g/mol. The van der Waals surface area contributed by atoms with Crippen LogP contribution in [0.15, 0.2) is 18.2 Å². The normalized spacial score (nSPS) is 20.4. The first-order chi connectivity index (χ1) is 8.33. The third kappa shape index (κ3) is 3.08. The van der Waals surface area contributed by atoms with Crippen molar-refractivity contribution in [1.82, 2.24) is 4.98 Å². The van der Waals surface area contributed by atoms with Crippen molar-refractivity contribution in [2.75, 3.05) is 30.0 Å². The Kier molecular flexibility index (Phi) is 4.17. The molecule has 0 aliphatic carbocycles. The van der Waals surface area contributed by atoms with Crippen molar-refractivity contribution >= 4 is 11.6 Å². The van der Waals surface area contributed by atoms with E-state index >= 15 is 0 Å². The molecule has 1 aromatic heterocycles. The van der Waals surface area contributed by atoms with Gasteiger partial charge in [-0.1, -0.05) is 6.07 Å². The number of nitrogens with two attached hydrogens (primary N) is 1. The highest BCUT2D eigenvalue weighted by Gasteiger charge is 2.20. The predicted octanol–water partition coefficient (Wildman–Crippen LogP) is 0.966. The van der Waals surface area contributed by atoms with Gasteiger partial charge in [-0.3, -0.25) is 0 Å². The standard InChI is InChI=1S/C12H20N4O/c13-15-11-4-1-5-12(14-11)16-7-2-3-10(9-16)6-8-17/h1,4-5,10,17H,2-3,6-9,13H2,(H,14,15). The van der Waals surface area contributed by atoms with Crippen molar-refractivity contribution in [2.45, 2.75) is 19.3 Å². The zero-order valence-electron chi connectivity index (χ0n) is 9.97. The van der Waals surface area contributed by atoms with E-state index in [0.29, 0.717) is 11.7 Å². The summed E-state index contributed by atoms with van der Waals surface area (Å²) in [4.78, 5) is 6.71. The van der Waals surface area contributed by atoms with E-state index in [-0.39, 0.29) is 6.61 Å². The fourth-order valence-electron chi connectivity index (χ4n) is 2.37. The number of rotatable bonds is 4. The summed E-state index contributed by atoms with van der Waals surface area (Å²) in [6.07, 6.45) is 3.24. The minimum Gasteiger partial charge on any atom is -0.396 e. The third-order valence-corrected chi connectivity index (χ3v) is 3.26. The number of hydrogen-bond acceptors (Lipinski definition) is 5. The van der Waals surface area contributed by atoms with Gasteiger partial charge in [0, 0.05) is 19.7 Å². The van der Waals surface area contributed by atoms with Gasteiger partial charge in [0.25, 0.3) is 0 Å². The number of hydrogen-bond donors (Lipinski definition) is 3. The van der Waals surface area contributed by atoms with Crippen LogP contribution in [0.25, 0.3) is 0 Å². The van der Waals surface area contributed by atoms with Crippen molar-refractivity contribution in [2.24, 2.45) is 11.8 Å². The monoisotopic (exact) mass is 236 g/mol. The van der Waals surface area contributed by atoms with Gasteiger partial charge < -0.3 is 15.4 Å². The van der Waals surface area contributed by atoms with Gasteiger partial charge in [-0.25, -0.2) is 10.8 Å². The van der Waals surface area contributed by atoms with Gasteiger partial charge in [-0.05, 0) is 37.3 Å². The molecule has 0 bridgehead atoms. The SMILES string of the molecule is NNc1cccc(N2CCCC(CCO)C2)n1. The molecule has 17 heavy (non-hydrogen) atoms. The van der Waals surface area contributed by atoms with Crippen LogP contribution in [0.5, 0.6) is 0 Å². The van der Waals surface area contributed by atoms with E-state index in [1.54, 1.807) is 0 Å². The van der Waals surface area contributed by atoms with Crippen molar-refractivity contribution < 1.29 is 5.11 Å². The minimum absolute atomic E-state index is 0.274. The molecule has 4 N–H and O–H groups in total. The van der Waals surface area contributed by atoms with E-state index in [1.807, 2.05) is 18.2 Å². The van der Waals surface area contributed by atoms with Crippen LogP contribution in [0.4, 0.5) is 11.6 Å². The molecule has 1 aromatic rings. The van der Waals surface area contributed by atoms with Crippen LogP contribution in [-0.2, 0) is 0 Å². The summed E-state index contributed by atoms with van der Waals surface area (Å²) in [5.41, 5.74) is 2.57. The van der Waals surface area contributed by atoms with Gasteiger partial charge in [-0.2, -0.15) is 0 Å². The summed E-state index contributed by atoms with van der Waals surface area (Å²) in [6, 6.07) is 5.80. The smallest absolute Gasteiger partial charge is 0.142 e. The molecule has 1 atom stereocenters. The maximum Gasteiger partial charge on any atom is 0.142 e. The Labute approximate surface area is 102 Å². The average Bonchev–Trinajstić information content (AvgIpc) is 2.40. The van der Waals surface area contributed by atoms with Crippen LogP contribution in [0.1, 0.15) is 19.3 Å². The number of aliphatic hydroxyl groups excluding tert-OH is 1. The molecule has 1 saturated heterocycles. The number of aromatic nitrogens is 1. The summed E-state index contributed by atoms with van der Waals surface area (Å²) in [5.74, 6) is 7.58. The Morgan fingerprint density at radius 1 is 1.53 bits per heavy atom. The second-order valence-electron chi connectivity index (χ2n) is 4.49. The second kappa shape index (κ2) is 5.84. The molecule has 1 fully saturated rings. The minimum atomic E-state index is 0.274. The van der Waals surface area contributed by atoms with E-state index in [2.05, 4.69) is 15.3 Å². The van der Waals surface area contributed by atoms with Gasteiger partial charge in [0.1, 0.15) is 11.6 Å². The lowest BCUT2D eigenvalue weighted by Crippen LogP contribution is -2.36. The summed E-state index contributed by atoms with van der Waals surface area (Å²) >= 11 is 0. The fourth-order valence-corrected chi connectivity index (χ4v) is 2.37. The lowest BCUT2D eigenvalue weighted by Gasteiger charge is -2.33. The Morgan fingerprint density at radius 3 is 3.18 bits per heavy atom. The molecule has 0 radical (unpaired) electrons. The molecule has 2 heterocycles. The summed E-state index contributed by atoms with van der Waals surface area (Å²) in [7, 11) is 0. The van der Waals surface area contributed by atoms with E-state index in [9.17, 15) is 0 Å². The van der Waals surface area contributed by atoms with Crippen LogP contribution < -0.4 is 16.2 Å². The molecule has 1 aliphatic rings. The number of anilines is 2. The number of nitrogens with one attached hydrogen (secondary N) is 1. The maximum absolute atomic E-state index is 9.00. The molecular formula is C12H20N4O. The van der Waals surface area contributed by atoms with E-state index in [1.165, 1.54) is 6.42 Å². The highest BCUT2D eigenvalue weighted by molar-refractivity contribution is 5.46. The van der Waals surface area contributed by atoms with Crippen molar-refractivity contribution in [1.29, 1.82) is 0 Å². The largest absolute Gasteiger partial charge is 0.396 e. The molecule has 0 spiro atoms. The lowest BCUT2D eigenvalue weighted by molar-refractivity contribution is 0.244. The first kappa shape index (κ1) is 12.1. The quantitative estimate of drug-likeness (QED) is 0.536. The number of hydrazine groups is 1. The molecule has 1 unspecified atom stereocenters. The summed E-state index contributed by atoms with van der Waals surface area (Å²) < 4.78 is 0. The molecule has 5 nitrogen and oxygen atoms in total. The van der Waals surface area contributed by atoms with E-state index in [0.717, 1.165) is 31.7 Å². The molecule has 0 saturated carbocycles.